The molecule has 2 rings (SSSR count). The van der Waals surface area contributed by atoms with E-state index < -0.39 is 6.10 Å². The van der Waals surface area contributed by atoms with E-state index in [2.05, 4.69) is 11.4 Å². The second-order valence-corrected chi connectivity index (χ2v) is 5.18. The van der Waals surface area contributed by atoms with E-state index in [1.807, 2.05) is 32.0 Å². The van der Waals surface area contributed by atoms with Crippen LogP contribution in [0.4, 0.5) is 5.69 Å². The number of hydrogen-bond acceptors (Lipinski definition) is 3. The summed E-state index contributed by atoms with van der Waals surface area (Å²) in [5, 5.41) is 11.8. The molecule has 0 aliphatic carbocycles. The third-order valence-corrected chi connectivity index (χ3v) is 3.32. The van der Waals surface area contributed by atoms with Crippen molar-refractivity contribution >= 4 is 11.6 Å². The number of benzene rings is 2. The smallest absolute Gasteiger partial charge is 0.265 e. The molecule has 4 nitrogen and oxygen atoms in total. The second kappa shape index (κ2) is 6.77. The van der Waals surface area contributed by atoms with E-state index in [9.17, 15) is 4.79 Å². The zero-order valence-corrected chi connectivity index (χ0v) is 12.9. The highest BCUT2D eigenvalue weighted by molar-refractivity contribution is 5.95. The quantitative estimate of drug-likeness (QED) is 0.937. The number of rotatable bonds is 4. The zero-order valence-electron chi connectivity index (χ0n) is 12.9. The first kappa shape index (κ1) is 15.6. The van der Waals surface area contributed by atoms with Crippen LogP contribution in [0.25, 0.3) is 0 Å². The molecule has 0 unspecified atom stereocenters. The van der Waals surface area contributed by atoms with Crippen LogP contribution in [0.2, 0.25) is 0 Å². The van der Waals surface area contributed by atoms with E-state index in [1.54, 1.807) is 31.2 Å². The average Bonchev–Trinajstić information content (AvgIpc) is 2.51. The topological polar surface area (TPSA) is 62.1 Å². The van der Waals surface area contributed by atoms with E-state index in [0.29, 0.717) is 17.0 Å². The Hall–Kier alpha value is -2.80. The number of nitrogens with one attached hydrogen (secondary N) is 1. The monoisotopic (exact) mass is 294 g/mol. The van der Waals surface area contributed by atoms with Gasteiger partial charge in [-0.15, -0.1) is 0 Å². The molecule has 0 fully saturated rings. The summed E-state index contributed by atoms with van der Waals surface area (Å²) < 4.78 is 5.74. The van der Waals surface area contributed by atoms with Gasteiger partial charge in [-0.05, 0) is 50.1 Å². The number of carbonyl (C=O) groups excluding carboxylic acids is 1. The first-order chi connectivity index (χ1) is 10.5. The number of hydrogen-bond donors (Lipinski definition) is 1. The van der Waals surface area contributed by atoms with Crippen LogP contribution in [0, 0.1) is 25.2 Å². The minimum Gasteiger partial charge on any atom is -0.481 e. The van der Waals surface area contributed by atoms with Gasteiger partial charge in [-0.1, -0.05) is 24.3 Å². The number of nitrogens with zero attached hydrogens (tertiary/aromatic N) is 1. The van der Waals surface area contributed by atoms with Crippen molar-refractivity contribution in [1.82, 2.24) is 0 Å². The molecule has 0 spiro atoms. The van der Waals surface area contributed by atoms with Gasteiger partial charge in [-0.3, -0.25) is 4.79 Å². The molecule has 0 bridgehead atoms. The molecular weight excluding hydrogens is 276 g/mol. The normalized spacial score (nSPS) is 11.4. The van der Waals surface area contributed by atoms with Crippen molar-refractivity contribution in [3.8, 4) is 11.8 Å². The number of amides is 1. The summed E-state index contributed by atoms with van der Waals surface area (Å²) in [6.07, 6.45) is -0.660. The summed E-state index contributed by atoms with van der Waals surface area (Å²) in [5.74, 6) is 0.403. The molecule has 0 saturated heterocycles. The molecule has 0 aliphatic rings. The SMILES string of the molecule is Cc1ccc(C)c(O[C@H](C)C(=O)Nc2ccccc2C#N)c1. The van der Waals surface area contributed by atoms with Crippen LogP contribution >= 0.6 is 0 Å². The predicted molar refractivity (Wildman–Crippen MR) is 85.8 cm³/mol. The van der Waals surface area contributed by atoms with E-state index >= 15 is 0 Å². The summed E-state index contributed by atoms with van der Waals surface area (Å²) in [4.78, 5) is 12.2. The molecule has 1 atom stereocenters. The zero-order chi connectivity index (χ0) is 16.1. The average molecular weight is 294 g/mol. The highest BCUT2D eigenvalue weighted by Crippen LogP contribution is 2.21. The molecule has 4 heteroatoms. The largest absolute Gasteiger partial charge is 0.481 e. The molecule has 0 radical (unpaired) electrons. The van der Waals surface area contributed by atoms with E-state index in [-0.39, 0.29) is 5.91 Å². The lowest BCUT2D eigenvalue weighted by atomic mass is 10.1. The van der Waals surface area contributed by atoms with E-state index in [1.165, 1.54) is 0 Å². The Bertz CT molecular complexity index is 732. The molecule has 2 aromatic rings. The first-order valence-corrected chi connectivity index (χ1v) is 7.05. The number of anilines is 1. The lowest BCUT2D eigenvalue weighted by Gasteiger charge is -2.17. The molecule has 1 N–H and O–H groups in total. The van der Waals surface area contributed by atoms with Crippen molar-refractivity contribution in [2.75, 3.05) is 5.32 Å². The van der Waals surface area contributed by atoms with Crippen LogP contribution in [0.5, 0.6) is 5.75 Å². The molecule has 112 valence electrons. The van der Waals surface area contributed by atoms with Gasteiger partial charge in [0.25, 0.3) is 5.91 Å². The Balaban J connectivity index is 2.10. The number of nitriles is 1. The Morgan fingerprint density at radius 2 is 1.95 bits per heavy atom. The summed E-state index contributed by atoms with van der Waals surface area (Å²) >= 11 is 0. The molecule has 0 aromatic heterocycles. The first-order valence-electron chi connectivity index (χ1n) is 7.05. The second-order valence-electron chi connectivity index (χ2n) is 5.18. The van der Waals surface area contributed by atoms with Gasteiger partial charge in [0.05, 0.1) is 11.3 Å². The molecule has 0 heterocycles. The van der Waals surface area contributed by atoms with Crippen LogP contribution < -0.4 is 10.1 Å². The Morgan fingerprint density at radius 3 is 2.68 bits per heavy atom. The van der Waals surface area contributed by atoms with E-state index in [0.717, 1.165) is 11.1 Å². The van der Waals surface area contributed by atoms with Crippen molar-refractivity contribution in [1.29, 1.82) is 5.26 Å². The number of para-hydroxylation sites is 1. The number of ether oxygens (including phenoxy) is 1. The van der Waals surface area contributed by atoms with Gasteiger partial charge >= 0.3 is 0 Å². The fourth-order valence-corrected chi connectivity index (χ4v) is 2.00. The maximum Gasteiger partial charge on any atom is 0.265 e. The molecule has 0 aliphatic heterocycles. The van der Waals surface area contributed by atoms with Crippen LogP contribution in [-0.4, -0.2) is 12.0 Å². The van der Waals surface area contributed by atoms with Gasteiger partial charge in [0.2, 0.25) is 0 Å². The van der Waals surface area contributed by atoms with Gasteiger partial charge in [-0.2, -0.15) is 5.26 Å². The van der Waals surface area contributed by atoms with Crippen molar-refractivity contribution in [3.63, 3.8) is 0 Å². The van der Waals surface area contributed by atoms with Gasteiger partial charge in [0.15, 0.2) is 6.10 Å². The van der Waals surface area contributed by atoms with Crippen LogP contribution in [0.15, 0.2) is 42.5 Å². The predicted octanol–water partition coefficient (Wildman–Crippen LogP) is 3.58. The lowest BCUT2D eigenvalue weighted by molar-refractivity contribution is -0.122. The van der Waals surface area contributed by atoms with Crippen molar-refractivity contribution in [2.45, 2.75) is 26.9 Å². The number of aryl methyl sites for hydroxylation is 2. The minimum atomic E-state index is -0.660. The fourth-order valence-electron chi connectivity index (χ4n) is 2.00. The summed E-state index contributed by atoms with van der Waals surface area (Å²) in [6.45, 7) is 5.59. The van der Waals surface area contributed by atoms with Crippen molar-refractivity contribution < 1.29 is 9.53 Å². The summed E-state index contributed by atoms with van der Waals surface area (Å²) in [6, 6.07) is 14.8. The van der Waals surface area contributed by atoms with Crippen LogP contribution in [0.1, 0.15) is 23.6 Å². The van der Waals surface area contributed by atoms with Crippen molar-refractivity contribution in [3.05, 3.63) is 59.2 Å². The molecule has 22 heavy (non-hydrogen) atoms. The third kappa shape index (κ3) is 3.64. The van der Waals surface area contributed by atoms with Crippen LogP contribution in [0.3, 0.4) is 0 Å². The maximum absolute atomic E-state index is 12.2. The third-order valence-electron chi connectivity index (χ3n) is 3.32. The van der Waals surface area contributed by atoms with Crippen molar-refractivity contribution in [2.24, 2.45) is 0 Å². The van der Waals surface area contributed by atoms with Gasteiger partial charge in [-0.25, -0.2) is 0 Å². The summed E-state index contributed by atoms with van der Waals surface area (Å²) in [7, 11) is 0. The molecule has 0 saturated carbocycles. The standard InChI is InChI=1S/C18H18N2O2/c1-12-8-9-13(2)17(10-12)22-14(3)18(21)20-16-7-5-4-6-15(16)11-19/h4-10,14H,1-3H3,(H,20,21)/t14-/m1/s1. The van der Waals surface area contributed by atoms with Gasteiger partial charge < -0.3 is 10.1 Å². The fraction of sp³-hybridized carbons (Fsp3) is 0.222. The molecule has 1 amide bonds. The highest BCUT2D eigenvalue weighted by atomic mass is 16.5. The Kier molecular flexibility index (Phi) is 4.80. The summed E-state index contributed by atoms with van der Waals surface area (Å²) in [5.41, 5.74) is 2.96. The lowest BCUT2D eigenvalue weighted by Crippen LogP contribution is -2.30. The van der Waals surface area contributed by atoms with Gasteiger partial charge in [0, 0.05) is 0 Å². The van der Waals surface area contributed by atoms with E-state index in [4.69, 9.17) is 10.00 Å². The Morgan fingerprint density at radius 1 is 1.23 bits per heavy atom. The molecule has 2 aromatic carbocycles. The maximum atomic E-state index is 12.2. The van der Waals surface area contributed by atoms with Gasteiger partial charge in [0.1, 0.15) is 11.8 Å². The minimum absolute atomic E-state index is 0.288. The number of carbonyl (C=O) groups is 1. The Labute approximate surface area is 130 Å². The molecular formula is C18H18N2O2. The van der Waals surface area contributed by atoms with Crippen LogP contribution in [-0.2, 0) is 4.79 Å². The highest BCUT2D eigenvalue weighted by Gasteiger charge is 2.17.